The van der Waals surface area contributed by atoms with E-state index in [2.05, 4.69) is 37.5 Å². The number of ether oxygens (including phenoxy) is 2. The van der Waals surface area contributed by atoms with Gasteiger partial charge in [-0.25, -0.2) is 23.1 Å². The molecule has 2 fully saturated rings. The second-order valence-electron chi connectivity index (χ2n) is 15.5. The normalized spacial score (nSPS) is 19.9. The Labute approximate surface area is 354 Å². The number of pyridine rings is 1. The van der Waals surface area contributed by atoms with E-state index < -0.39 is 51.4 Å². The third kappa shape index (κ3) is 10.9. The van der Waals surface area contributed by atoms with Crippen molar-refractivity contribution in [2.45, 2.75) is 81.0 Å². The lowest BCUT2D eigenvalue weighted by Gasteiger charge is -2.22. The Morgan fingerprint density at radius 2 is 1.88 bits per heavy atom. The number of nitrogens with zero attached hydrogens (tertiary/aromatic N) is 3. The van der Waals surface area contributed by atoms with Gasteiger partial charge in [-0.3, -0.25) is 14.4 Å². The van der Waals surface area contributed by atoms with Crippen molar-refractivity contribution >= 4 is 60.9 Å². The topological polar surface area (TPSA) is 213 Å². The molecule has 6 rings (SSSR count). The Morgan fingerprint density at radius 3 is 2.62 bits per heavy atom. The zero-order chi connectivity index (χ0) is 43.0. The minimum Gasteiger partial charge on any atom is -0.497 e. The third-order valence-electron chi connectivity index (χ3n) is 10.5. The first-order valence-electron chi connectivity index (χ1n) is 20.1. The highest BCUT2D eigenvalue weighted by Crippen LogP contribution is 2.45. The second-order valence-corrected chi connectivity index (χ2v) is 18.0. The summed E-state index contributed by atoms with van der Waals surface area (Å²) in [5.74, 6) is -1.37. The van der Waals surface area contributed by atoms with Crippen LogP contribution in [0.5, 0.6) is 11.5 Å². The van der Waals surface area contributed by atoms with Gasteiger partial charge in [-0.15, -0.1) is 17.9 Å². The molecule has 0 radical (unpaired) electrons. The van der Waals surface area contributed by atoms with Crippen LogP contribution in [-0.2, 0) is 24.4 Å². The molecule has 2 amide bonds. The highest BCUT2D eigenvalue weighted by atomic mass is 32.2. The van der Waals surface area contributed by atoms with Gasteiger partial charge in [0.1, 0.15) is 33.7 Å². The predicted molar refractivity (Wildman–Crippen MR) is 232 cm³/mol. The number of carbonyl (C=O) groups excluding carboxylic acids is 2. The molecule has 0 unspecified atom stereocenters. The first kappa shape index (κ1) is 44.3. The Bertz CT molecular complexity index is 2300. The summed E-state index contributed by atoms with van der Waals surface area (Å²) in [6.07, 6.45) is 3.87. The van der Waals surface area contributed by atoms with Gasteiger partial charge in [0.05, 0.1) is 30.0 Å². The summed E-state index contributed by atoms with van der Waals surface area (Å²) in [5.41, 5.74) is 0.822. The van der Waals surface area contributed by atoms with Crippen LogP contribution in [0.2, 0.25) is 0 Å². The van der Waals surface area contributed by atoms with E-state index in [0.717, 1.165) is 29.9 Å². The lowest BCUT2D eigenvalue weighted by molar-refractivity contribution is -0.137. The maximum Gasteiger partial charge on any atom is 0.303 e. The molecular weight excluding hydrogens is 809 g/mol. The zero-order valence-electron chi connectivity index (χ0n) is 34.3. The highest BCUT2D eigenvalue weighted by Gasteiger charge is 2.61. The summed E-state index contributed by atoms with van der Waals surface area (Å²) in [6, 6.07) is 13.2. The Kier molecular flexibility index (Phi) is 14.3. The Hall–Kier alpha value is -5.30. The number of sulfonamides is 1. The monoisotopic (exact) mass is 862 g/mol. The molecule has 2 aliphatic rings. The minimum atomic E-state index is -4.35. The van der Waals surface area contributed by atoms with Crippen molar-refractivity contribution < 1.29 is 37.4 Å². The van der Waals surface area contributed by atoms with Gasteiger partial charge in [0, 0.05) is 60.8 Å². The van der Waals surface area contributed by atoms with Gasteiger partial charge in [-0.05, 0) is 83.9 Å². The first-order valence-corrected chi connectivity index (χ1v) is 22.4. The summed E-state index contributed by atoms with van der Waals surface area (Å²) in [7, 11) is -0.820. The third-order valence-corrected chi connectivity index (χ3v) is 12.7. The molecule has 4 atom stereocenters. The summed E-state index contributed by atoms with van der Waals surface area (Å²) >= 11 is 1.48. The number of hydrogen-bond acceptors (Lipinski definition) is 14. The molecule has 0 spiro atoms. The van der Waals surface area contributed by atoms with Gasteiger partial charge >= 0.3 is 5.97 Å². The van der Waals surface area contributed by atoms with Gasteiger partial charge in [0.15, 0.2) is 5.13 Å². The number of unbranched alkanes of at least 4 members (excludes halogenated alkanes) is 1. The molecule has 3 heterocycles. The predicted octanol–water partition coefficient (Wildman–Crippen LogP) is 4.85. The van der Waals surface area contributed by atoms with Crippen molar-refractivity contribution in [2.75, 3.05) is 51.0 Å². The van der Waals surface area contributed by atoms with Crippen LogP contribution < -0.4 is 35.5 Å². The largest absolute Gasteiger partial charge is 0.497 e. The molecular formula is C42H54N8O8S2. The number of anilines is 2. The van der Waals surface area contributed by atoms with E-state index in [0.29, 0.717) is 60.1 Å². The molecule has 1 aliphatic carbocycles. The van der Waals surface area contributed by atoms with Crippen molar-refractivity contribution in [3.05, 3.63) is 66.6 Å². The van der Waals surface area contributed by atoms with E-state index >= 15 is 0 Å². The number of para-hydroxylation sites is 1. The fourth-order valence-corrected chi connectivity index (χ4v) is 9.28. The molecule has 4 aromatic rings. The number of aliphatic carboxylic acids is 1. The standard InChI is InChI=1S/C42H54N8O8S2/c1-6-27-23-42(27,40(54)49-60(55,56)37-13-8-7-12-31(37)43-17-9-10-18-50(4)19-11-14-38(51)52)48-39(53)34-21-29(24-44-34)58-36-22-33(35-25-59-41(47-35)45-26(2)3)46-32-20-28(57-5)15-16-30(32)36/h6-8,12-13,15-16,20,22,25-27,29,34,43-44H,1,9-11,14,17-19,21,23-24H2,2-5H3,(H,45,47)(H,48,53)(H,49,54)(H,51,52)/t27-,29-,34+,42-/m1/s1. The van der Waals surface area contributed by atoms with E-state index in [-0.39, 0.29) is 30.2 Å². The Morgan fingerprint density at radius 1 is 1.10 bits per heavy atom. The second kappa shape index (κ2) is 19.4. The van der Waals surface area contributed by atoms with E-state index in [1.165, 1.54) is 17.4 Å². The van der Waals surface area contributed by atoms with Crippen LogP contribution in [0.15, 0.2) is 71.5 Å². The van der Waals surface area contributed by atoms with Gasteiger partial charge in [-0.1, -0.05) is 18.2 Å². The molecule has 0 bridgehead atoms. The quantitative estimate of drug-likeness (QED) is 0.0461. The van der Waals surface area contributed by atoms with Gasteiger partial charge < -0.3 is 40.7 Å². The van der Waals surface area contributed by atoms with Crippen molar-refractivity contribution in [2.24, 2.45) is 5.92 Å². The molecule has 2 aromatic heterocycles. The number of fused-ring (bicyclic) bond motifs is 1. The van der Waals surface area contributed by atoms with E-state index in [1.807, 2.05) is 50.5 Å². The Balaban J connectivity index is 1.08. The number of carboxylic acid groups (broad SMARTS) is 1. The summed E-state index contributed by atoms with van der Waals surface area (Å²) in [4.78, 5) is 49.9. The van der Waals surface area contributed by atoms with Crippen LogP contribution in [0, 0.1) is 5.92 Å². The lowest BCUT2D eigenvalue weighted by atomic mass is 10.1. The van der Waals surface area contributed by atoms with Crippen molar-refractivity contribution in [3.63, 3.8) is 0 Å². The number of carbonyl (C=O) groups is 3. The lowest BCUT2D eigenvalue weighted by Crippen LogP contribution is -2.55. The number of benzene rings is 2. The molecule has 6 N–H and O–H groups in total. The molecule has 322 valence electrons. The first-order chi connectivity index (χ1) is 28.7. The van der Waals surface area contributed by atoms with E-state index in [1.54, 1.807) is 31.4 Å². The van der Waals surface area contributed by atoms with Crippen LogP contribution in [0.25, 0.3) is 22.3 Å². The van der Waals surface area contributed by atoms with Gasteiger partial charge in [0.2, 0.25) is 5.91 Å². The smallest absolute Gasteiger partial charge is 0.303 e. The summed E-state index contributed by atoms with van der Waals surface area (Å²) < 4.78 is 41.6. The average molecular weight is 863 g/mol. The van der Waals surface area contributed by atoms with Crippen LogP contribution in [-0.4, -0.2) is 110 Å². The molecule has 1 saturated heterocycles. The number of rotatable bonds is 22. The number of amides is 2. The van der Waals surface area contributed by atoms with Crippen molar-refractivity contribution in [1.29, 1.82) is 0 Å². The van der Waals surface area contributed by atoms with Gasteiger partial charge in [0.25, 0.3) is 15.9 Å². The maximum absolute atomic E-state index is 13.8. The number of aromatic nitrogens is 2. The van der Waals surface area contributed by atoms with E-state index in [4.69, 9.17) is 24.5 Å². The molecule has 60 heavy (non-hydrogen) atoms. The van der Waals surface area contributed by atoms with Crippen LogP contribution in [0.3, 0.4) is 0 Å². The molecule has 1 saturated carbocycles. The molecule has 18 heteroatoms. The SMILES string of the molecule is C=C[C@@H]1C[C@]1(NC(=O)[C@@H]1C[C@@H](Oc2cc(-c3csc(NC(C)C)n3)nc3cc(OC)ccc23)CN1)C(=O)NS(=O)(=O)c1ccccc1NCCCCN(C)CCCC(=O)O. The van der Waals surface area contributed by atoms with Crippen LogP contribution in [0.1, 0.15) is 52.4 Å². The summed E-state index contributed by atoms with van der Waals surface area (Å²) in [6.45, 7) is 10.2. The number of thiazole rings is 1. The molecule has 16 nitrogen and oxygen atoms in total. The molecule has 1 aliphatic heterocycles. The number of hydrogen-bond donors (Lipinski definition) is 6. The van der Waals surface area contributed by atoms with Gasteiger partial charge in [-0.2, -0.15) is 0 Å². The van der Waals surface area contributed by atoms with Crippen LogP contribution in [0.4, 0.5) is 10.8 Å². The van der Waals surface area contributed by atoms with Crippen molar-refractivity contribution in [1.82, 2.24) is 30.2 Å². The van der Waals surface area contributed by atoms with Crippen molar-refractivity contribution in [3.8, 4) is 22.9 Å². The number of nitrogens with one attached hydrogen (secondary N) is 5. The summed E-state index contributed by atoms with van der Waals surface area (Å²) in [5, 5.41) is 24.9. The fraction of sp³-hybridized carbons (Fsp3) is 0.452. The number of methoxy groups -OCH3 is 1. The molecule has 2 aromatic carbocycles. The maximum atomic E-state index is 13.8. The van der Waals surface area contributed by atoms with E-state index in [9.17, 15) is 22.8 Å². The fourth-order valence-electron chi connectivity index (χ4n) is 7.21. The average Bonchev–Trinajstić information content (AvgIpc) is 3.45. The zero-order valence-corrected chi connectivity index (χ0v) is 36.0. The highest BCUT2D eigenvalue weighted by molar-refractivity contribution is 7.90. The van der Waals surface area contributed by atoms with Crippen LogP contribution >= 0.6 is 11.3 Å². The minimum absolute atomic E-state index is 0.0912. The number of carboxylic acids is 1.